The first-order valence-electron chi connectivity index (χ1n) is 8.88. The summed E-state index contributed by atoms with van der Waals surface area (Å²) in [4.78, 5) is 37.4. The zero-order valence-corrected chi connectivity index (χ0v) is 22.2. The number of ether oxygens (including phenoxy) is 3. The third kappa shape index (κ3) is 7.36. The Balaban J connectivity index is 3.60. The molecule has 0 saturated heterocycles. The summed E-state index contributed by atoms with van der Waals surface area (Å²) in [5.41, 5.74) is 0.614. The van der Waals surface area contributed by atoms with Gasteiger partial charge in [-0.15, -0.1) is 0 Å². The van der Waals surface area contributed by atoms with Gasteiger partial charge in [-0.2, -0.15) is 0 Å². The summed E-state index contributed by atoms with van der Waals surface area (Å²) in [6.45, 7) is 11.6. The van der Waals surface area contributed by atoms with Gasteiger partial charge in [-0.05, 0) is 59.6 Å². The van der Waals surface area contributed by atoms with Gasteiger partial charge >= 0.3 is 17.9 Å². The maximum atomic E-state index is 12.5. The zero-order valence-electron chi connectivity index (χ0n) is 17.4. The van der Waals surface area contributed by atoms with E-state index in [2.05, 4.69) is 47.8 Å². The molecule has 29 heavy (non-hydrogen) atoms. The number of carbonyl (C=O) groups is 3. The largest absolute Gasteiger partial charge is 0.421 e. The lowest BCUT2D eigenvalue weighted by Gasteiger charge is -2.23. The van der Waals surface area contributed by atoms with Crippen LogP contribution in [-0.4, -0.2) is 30.9 Å². The van der Waals surface area contributed by atoms with Crippen molar-refractivity contribution in [1.29, 1.82) is 0 Å². The Morgan fingerprint density at radius 2 is 1.10 bits per heavy atom. The second-order valence-electron chi connectivity index (χ2n) is 7.82. The molecule has 0 aromatic heterocycles. The highest BCUT2D eigenvalue weighted by molar-refractivity contribution is 9.10. The minimum absolute atomic E-state index is 0.0278. The fourth-order valence-electron chi connectivity index (χ4n) is 1.80. The van der Waals surface area contributed by atoms with Crippen molar-refractivity contribution < 1.29 is 28.6 Å². The van der Waals surface area contributed by atoms with Gasteiger partial charge < -0.3 is 14.2 Å². The molecular weight excluding hydrogens is 576 g/mol. The predicted molar refractivity (Wildman–Crippen MR) is 122 cm³/mol. The van der Waals surface area contributed by atoms with Crippen molar-refractivity contribution in [2.45, 2.75) is 67.9 Å². The molecule has 0 aliphatic heterocycles. The van der Waals surface area contributed by atoms with E-state index in [9.17, 15) is 14.4 Å². The van der Waals surface area contributed by atoms with E-state index in [0.29, 0.717) is 12.0 Å². The van der Waals surface area contributed by atoms with Crippen molar-refractivity contribution in [2.75, 3.05) is 0 Å². The van der Waals surface area contributed by atoms with Crippen LogP contribution < -0.4 is 14.2 Å². The minimum Gasteiger partial charge on any atom is -0.421 e. The van der Waals surface area contributed by atoms with Crippen molar-refractivity contribution in [3.63, 3.8) is 0 Å². The third-order valence-corrected chi connectivity index (χ3v) is 4.56. The van der Waals surface area contributed by atoms with Crippen LogP contribution in [0.1, 0.15) is 54.0 Å². The monoisotopic (exact) mass is 598 g/mol. The quantitative estimate of drug-likeness (QED) is 0.234. The number of alkyl halides is 3. The van der Waals surface area contributed by atoms with Crippen molar-refractivity contribution in [3.05, 3.63) is 17.7 Å². The van der Waals surface area contributed by atoms with Gasteiger partial charge in [0.25, 0.3) is 0 Å². The molecule has 0 aliphatic carbocycles. The van der Waals surface area contributed by atoms with Crippen molar-refractivity contribution in [1.82, 2.24) is 0 Å². The molecule has 0 bridgehead atoms. The molecule has 0 heterocycles. The molecule has 9 heteroatoms. The molecule has 6 nitrogen and oxygen atoms in total. The molecule has 0 fully saturated rings. The molecule has 162 valence electrons. The van der Waals surface area contributed by atoms with E-state index < -0.39 is 30.9 Å². The second-order valence-corrected chi connectivity index (χ2v) is 13.8. The molecule has 0 spiro atoms. The smallest absolute Gasteiger partial charge is 0.327 e. The van der Waals surface area contributed by atoms with E-state index >= 15 is 0 Å². The number of halogens is 3. The van der Waals surface area contributed by atoms with E-state index in [0.717, 1.165) is 0 Å². The molecule has 0 saturated carbocycles. The van der Waals surface area contributed by atoms with Crippen molar-refractivity contribution in [2.24, 2.45) is 0 Å². The maximum absolute atomic E-state index is 12.5. The van der Waals surface area contributed by atoms with Gasteiger partial charge in [-0.1, -0.05) is 60.8 Å². The molecule has 0 N–H and O–H groups in total. The van der Waals surface area contributed by atoms with Crippen LogP contribution in [0.25, 0.3) is 0 Å². The van der Waals surface area contributed by atoms with E-state index in [1.807, 2.05) is 6.92 Å². The zero-order chi connectivity index (χ0) is 22.8. The molecule has 1 rings (SSSR count). The van der Waals surface area contributed by atoms with E-state index in [-0.39, 0.29) is 17.2 Å². The number of esters is 3. The van der Waals surface area contributed by atoms with Crippen molar-refractivity contribution in [3.8, 4) is 17.2 Å². The standard InChI is InChI=1S/C20H25Br3O6/c1-8-11-9-10-12(27-15(24)18(2,3)21)14(29-17(26)20(6,7)23)13(11)28-16(25)19(4,5)22/h9-10H,8H2,1-7H3. The van der Waals surface area contributed by atoms with Crippen LogP contribution in [0, 0.1) is 0 Å². The molecule has 0 atom stereocenters. The minimum atomic E-state index is -1.01. The van der Waals surface area contributed by atoms with Crippen LogP contribution >= 0.6 is 47.8 Å². The molecule has 0 aliphatic rings. The molecule has 0 amide bonds. The molecular formula is C20H25Br3O6. The van der Waals surface area contributed by atoms with Crippen LogP contribution in [0.5, 0.6) is 17.2 Å². The van der Waals surface area contributed by atoms with Gasteiger partial charge in [0.1, 0.15) is 13.0 Å². The number of rotatable bonds is 7. The van der Waals surface area contributed by atoms with Gasteiger partial charge in [0.05, 0.1) is 0 Å². The first-order valence-corrected chi connectivity index (χ1v) is 11.3. The van der Waals surface area contributed by atoms with Gasteiger partial charge in [0, 0.05) is 0 Å². The topological polar surface area (TPSA) is 78.9 Å². The van der Waals surface area contributed by atoms with Crippen molar-refractivity contribution >= 4 is 65.7 Å². The molecule has 1 aromatic rings. The maximum Gasteiger partial charge on any atom is 0.327 e. The predicted octanol–water partition coefficient (Wildman–Crippen LogP) is 5.49. The normalized spacial score (nSPS) is 12.3. The van der Waals surface area contributed by atoms with E-state index in [1.165, 1.54) is 6.07 Å². The van der Waals surface area contributed by atoms with Crippen LogP contribution in [0.2, 0.25) is 0 Å². The highest BCUT2D eigenvalue weighted by atomic mass is 79.9. The first kappa shape index (κ1) is 26.1. The Bertz CT molecular complexity index is 798. The van der Waals surface area contributed by atoms with Gasteiger partial charge in [-0.25, -0.2) is 0 Å². The SMILES string of the molecule is CCc1ccc(OC(=O)C(C)(C)Br)c(OC(=O)C(C)(C)Br)c1OC(=O)C(C)(C)Br. The van der Waals surface area contributed by atoms with Crippen LogP contribution in [-0.2, 0) is 20.8 Å². The van der Waals surface area contributed by atoms with Gasteiger partial charge in [0.15, 0.2) is 11.5 Å². The Morgan fingerprint density at radius 1 is 0.724 bits per heavy atom. The summed E-state index contributed by atoms with van der Waals surface area (Å²) in [7, 11) is 0. The number of benzene rings is 1. The number of hydrogen-bond donors (Lipinski definition) is 0. The van der Waals surface area contributed by atoms with Crippen LogP contribution in [0.3, 0.4) is 0 Å². The number of carbonyl (C=O) groups excluding carboxylic acids is 3. The average Bonchev–Trinajstić information content (AvgIpc) is 2.54. The molecule has 0 unspecified atom stereocenters. The third-order valence-electron chi connectivity index (χ3n) is 3.59. The Labute approximate surface area is 196 Å². The van der Waals surface area contributed by atoms with E-state index in [4.69, 9.17) is 14.2 Å². The van der Waals surface area contributed by atoms with Gasteiger partial charge in [-0.3, -0.25) is 14.4 Å². The Kier molecular flexibility index (Phi) is 8.53. The number of aryl methyl sites for hydroxylation is 1. The summed E-state index contributed by atoms with van der Waals surface area (Å²) in [5, 5.41) is 0. The van der Waals surface area contributed by atoms with Crippen LogP contribution in [0.15, 0.2) is 12.1 Å². The van der Waals surface area contributed by atoms with Crippen LogP contribution in [0.4, 0.5) is 0 Å². The summed E-state index contributed by atoms with van der Waals surface area (Å²) >= 11 is 9.75. The lowest BCUT2D eigenvalue weighted by Crippen LogP contribution is -2.32. The highest BCUT2D eigenvalue weighted by Gasteiger charge is 2.34. The van der Waals surface area contributed by atoms with E-state index in [1.54, 1.807) is 47.6 Å². The molecule has 1 aromatic carbocycles. The fraction of sp³-hybridized carbons (Fsp3) is 0.550. The lowest BCUT2D eigenvalue weighted by molar-refractivity contribution is -0.139. The molecule has 0 radical (unpaired) electrons. The Morgan fingerprint density at radius 3 is 1.48 bits per heavy atom. The highest BCUT2D eigenvalue weighted by Crippen LogP contribution is 2.43. The second kappa shape index (κ2) is 9.47. The summed E-state index contributed by atoms with van der Waals surface area (Å²) in [5.74, 6) is -1.96. The lowest BCUT2D eigenvalue weighted by atomic mass is 10.1. The fourth-order valence-corrected chi connectivity index (χ4v) is 2.04. The summed E-state index contributed by atoms with van der Waals surface area (Å²) < 4.78 is 13.6. The summed E-state index contributed by atoms with van der Waals surface area (Å²) in [6.07, 6.45) is 0.492. The van der Waals surface area contributed by atoms with Gasteiger partial charge in [0.2, 0.25) is 5.75 Å². The average molecular weight is 601 g/mol. The first-order chi connectivity index (χ1) is 13.0. The summed E-state index contributed by atoms with van der Waals surface area (Å²) in [6, 6.07) is 3.17. The Hall–Kier alpha value is -0.930. The number of hydrogen-bond acceptors (Lipinski definition) is 6.